The van der Waals surface area contributed by atoms with Crippen molar-refractivity contribution in [2.45, 2.75) is 30.6 Å². The number of thiazole rings is 1. The average Bonchev–Trinajstić information content (AvgIpc) is 2.57. The number of nitrogens with zero attached hydrogens (tertiary/aromatic N) is 1. The van der Waals surface area contributed by atoms with E-state index in [0.29, 0.717) is 6.04 Å². The summed E-state index contributed by atoms with van der Waals surface area (Å²) < 4.78 is 2.01. The van der Waals surface area contributed by atoms with E-state index in [4.69, 9.17) is 0 Å². The second-order valence-electron chi connectivity index (χ2n) is 3.63. The molecule has 0 spiro atoms. The fraction of sp³-hybridized carbons (Fsp3) is 0.364. The quantitative estimate of drug-likeness (QED) is 0.795. The number of hydrogen-bond acceptors (Lipinski definition) is 4. The molecule has 0 aliphatic carbocycles. The van der Waals surface area contributed by atoms with E-state index in [9.17, 15) is 0 Å². The van der Waals surface area contributed by atoms with Crippen molar-refractivity contribution in [2.24, 2.45) is 0 Å². The van der Waals surface area contributed by atoms with Crippen molar-refractivity contribution >= 4 is 39.9 Å². The molecule has 1 atom stereocenters. The number of hydrogen-bond donors (Lipinski definition) is 2. The van der Waals surface area contributed by atoms with Crippen molar-refractivity contribution in [1.82, 2.24) is 4.98 Å². The van der Waals surface area contributed by atoms with Crippen molar-refractivity contribution in [1.29, 1.82) is 0 Å². The summed E-state index contributed by atoms with van der Waals surface area (Å²) in [4.78, 5) is 4.31. The number of aromatic nitrogens is 1. The molecule has 1 heterocycles. The van der Waals surface area contributed by atoms with Crippen LogP contribution in [0.1, 0.15) is 20.3 Å². The average molecular weight is 238 g/mol. The molecule has 4 heteroatoms. The Balaban J connectivity index is 2.30. The Labute approximate surface area is 99.1 Å². The van der Waals surface area contributed by atoms with Gasteiger partial charge in [-0.2, -0.15) is 0 Å². The predicted molar refractivity (Wildman–Crippen MR) is 70.2 cm³/mol. The summed E-state index contributed by atoms with van der Waals surface area (Å²) in [5.41, 5.74) is 2.19. The third kappa shape index (κ3) is 2.44. The number of nitrogens with one attached hydrogen (secondary N) is 1. The number of rotatable bonds is 3. The van der Waals surface area contributed by atoms with Gasteiger partial charge in [0.15, 0.2) is 0 Å². The van der Waals surface area contributed by atoms with Gasteiger partial charge in [0.1, 0.15) is 4.34 Å². The van der Waals surface area contributed by atoms with Crippen molar-refractivity contribution < 1.29 is 0 Å². The predicted octanol–water partition coefficient (Wildman–Crippen LogP) is 3.80. The molecule has 0 saturated carbocycles. The van der Waals surface area contributed by atoms with Gasteiger partial charge >= 0.3 is 0 Å². The molecule has 0 bridgehead atoms. The van der Waals surface area contributed by atoms with Crippen LogP contribution in [0.15, 0.2) is 22.5 Å². The first-order valence-electron chi connectivity index (χ1n) is 5.05. The molecule has 0 aliphatic rings. The van der Waals surface area contributed by atoms with Crippen LogP contribution in [-0.2, 0) is 0 Å². The molecule has 0 fully saturated rings. The van der Waals surface area contributed by atoms with E-state index in [-0.39, 0.29) is 0 Å². The number of benzene rings is 1. The van der Waals surface area contributed by atoms with Crippen molar-refractivity contribution in [2.75, 3.05) is 5.32 Å². The lowest BCUT2D eigenvalue weighted by molar-refractivity contribution is 0.764. The fourth-order valence-electron chi connectivity index (χ4n) is 1.39. The number of anilines is 1. The number of thiol groups is 1. The molecule has 1 unspecified atom stereocenters. The molecule has 0 saturated heterocycles. The standard InChI is InChI=1S/C11H14N2S2/c1-3-7(2)12-8-4-5-9-10(6-8)15-11(14)13-9/h4-7,12H,3H2,1-2H3,(H,13,14). The van der Waals surface area contributed by atoms with Crippen LogP contribution in [0.25, 0.3) is 10.2 Å². The molecule has 1 aromatic carbocycles. The van der Waals surface area contributed by atoms with E-state index in [1.807, 2.05) is 6.07 Å². The summed E-state index contributed by atoms with van der Waals surface area (Å²) in [5.74, 6) is 0. The first-order valence-corrected chi connectivity index (χ1v) is 6.31. The number of fused-ring (bicyclic) bond motifs is 1. The Morgan fingerprint density at radius 3 is 3.07 bits per heavy atom. The van der Waals surface area contributed by atoms with Crippen molar-refractivity contribution in [3.05, 3.63) is 18.2 Å². The van der Waals surface area contributed by atoms with Crippen molar-refractivity contribution in [3.63, 3.8) is 0 Å². The highest BCUT2D eigenvalue weighted by molar-refractivity contribution is 7.82. The highest BCUT2D eigenvalue weighted by atomic mass is 32.2. The van der Waals surface area contributed by atoms with Gasteiger partial charge in [0.25, 0.3) is 0 Å². The second-order valence-corrected chi connectivity index (χ2v) is 5.39. The van der Waals surface area contributed by atoms with E-state index in [2.05, 4.69) is 48.9 Å². The summed E-state index contributed by atoms with van der Waals surface area (Å²) in [6, 6.07) is 6.75. The topological polar surface area (TPSA) is 24.9 Å². The zero-order valence-electron chi connectivity index (χ0n) is 8.82. The molecule has 0 radical (unpaired) electrons. The Morgan fingerprint density at radius 2 is 2.33 bits per heavy atom. The van der Waals surface area contributed by atoms with Crippen LogP contribution in [-0.4, -0.2) is 11.0 Å². The molecular formula is C11H14N2S2. The Hall–Kier alpha value is -0.740. The molecule has 1 N–H and O–H groups in total. The summed E-state index contributed by atoms with van der Waals surface area (Å²) in [6.45, 7) is 4.36. The summed E-state index contributed by atoms with van der Waals surface area (Å²) in [6.07, 6.45) is 1.12. The highest BCUT2D eigenvalue weighted by Gasteiger charge is 2.03. The molecule has 2 rings (SSSR count). The lowest BCUT2D eigenvalue weighted by Crippen LogP contribution is -2.12. The van der Waals surface area contributed by atoms with Crippen LogP contribution in [0, 0.1) is 0 Å². The second kappa shape index (κ2) is 4.41. The monoisotopic (exact) mass is 238 g/mol. The maximum atomic E-state index is 4.31. The van der Waals surface area contributed by atoms with E-state index >= 15 is 0 Å². The normalized spacial score (nSPS) is 13.0. The molecule has 1 aromatic heterocycles. The highest BCUT2D eigenvalue weighted by Crippen LogP contribution is 2.27. The van der Waals surface area contributed by atoms with Gasteiger partial charge in [-0.3, -0.25) is 0 Å². The molecular weight excluding hydrogens is 224 g/mol. The molecule has 2 aromatic rings. The van der Waals surface area contributed by atoms with Gasteiger partial charge in [-0.05, 0) is 31.5 Å². The molecule has 80 valence electrons. The summed E-state index contributed by atoms with van der Waals surface area (Å²) >= 11 is 5.87. The fourth-order valence-corrected chi connectivity index (χ4v) is 2.54. The molecule has 0 amide bonds. The van der Waals surface area contributed by atoms with Crippen LogP contribution in [0.2, 0.25) is 0 Å². The van der Waals surface area contributed by atoms with Gasteiger partial charge in [-0.25, -0.2) is 4.98 Å². The van der Waals surface area contributed by atoms with E-state index in [1.54, 1.807) is 11.3 Å². The van der Waals surface area contributed by atoms with Crippen molar-refractivity contribution in [3.8, 4) is 0 Å². The summed E-state index contributed by atoms with van der Waals surface area (Å²) in [5, 5.41) is 3.45. The van der Waals surface area contributed by atoms with Gasteiger partial charge in [0.2, 0.25) is 0 Å². The van der Waals surface area contributed by atoms with Gasteiger partial charge < -0.3 is 5.32 Å². The summed E-state index contributed by atoms with van der Waals surface area (Å²) in [7, 11) is 0. The first kappa shape index (κ1) is 10.8. The van der Waals surface area contributed by atoms with Gasteiger partial charge in [0, 0.05) is 11.7 Å². The Bertz CT molecular complexity index is 465. The zero-order chi connectivity index (χ0) is 10.8. The van der Waals surface area contributed by atoms with Crippen LogP contribution >= 0.6 is 24.0 Å². The first-order chi connectivity index (χ1) is 7.19. The third-order valence-electron chi connectivity index (χ3n) is 2.40. The van der Waals surface area contributed by atoms with E-state index < -0.39 is 0 Å². The smallest absolute Gasteiger partial charge is 0.148 e. The van der Waals surface area contributed by atoms with E-state index in [1.165, 1.54) is 4.70 Å². The minimum Gasteiger partial charge on any atom is -0.383 e. The minimum atomic E-state index is 0.505. The third-order valence-corrected chi connectivity index (χ3v) is 3.60. The minimum absolute atomic E-state index is 0.505. The van der Waals surface area contributed by atoms with Crippen LogP contribution < -0.4 is 5.32 Å². The van der Waals surface area contributed by atoms with Crippen LogP contribution in [0.4, 0.5) is 5.69 Å². The Kier molecular flexibility index (Phi) is 3.17. The van der Waals surface area contributed by atoms with E-state index in [0.717, 1.165) is 22.0 Å². The van der Waals surface area contributed by atoms with Gasteiger partial charge in [-0.15, -0.1) is 24.0 Å². The van der Waals surface area contributed by atoms with Crippen LogP contribution in [0.3, 0.4) is 0 Å². The molecule has 0 aliphatic heterocycles. The van der Waals surface area contributed by atoms with Crippen LogP contribution in [0.5, 0.6) is 0 Å². The lowest BCUT2D eigenvalue weighted by Gasteiger charge is -2.12. The maximum absolute atomic E-state index is 4.31. The molecule has 2 nitrogen and oxygen atoms in total. The Morgan fingerprint density at radius 1 is 1.53 bits per heavy atom. The lowest BCUT2D eigenvalue weighted by atomic mass is 10.2. The van der Waals surface area contributed by atoms with Gasteiger partial charge in [-0.1, -0.05) is 6.92 Å². The molecule has 15 heavy (non-hydrogen) atoms. The maximum Gasteiger partial charge on any atom is 0.148 e. The SMILES string of the molecule is CCC(C)Nc1ccc2nc(S)sc2c1. The largest absolute Gasteiger partial charge is 0.383 e. The zero-order valence-corrected chi connectivity index (χ0v) is 10.5. The van der Waals surface area contributed by atoms with Gasteiger partial charge in [0.05, 0.1) is 10.2 Å².